The molecule has 21 heavy (non-hydrogen) atoms. The zero-order chi connectivity index (χ0) is 14.4. The summed E-state index contributed by atoms with van der Waals surface area (Å²) in [4.78, 5) is 10.7. The van der Waals surface area contributed by atoms with E-state index in [0.29, 0.717) is 12.5 Å². The van der Waals surface area contributed by atoms with Gasteiger partial charge in [-0.1, -0.05) is 19.3 Å². The van der Waals surface area contributed by atoms with Crippen molar-refractivity contribution in [3.63, 3.8) is 0 Å². The van der Waals surface area contributed by atoms with Crippen LogP contribution in [0.5, 0.6) is 0 Å². The van der Waals surface area contributed by atoms with Crippen LogP contribution in [0.15, 0.2) is 6.33 Å². The van der Waals surface area contributed by atoms with Crippen molar-refractivity contribution in [1.29, 1.82) is 0 Å². The quantitative estimate of drug-likeness (QED) is 0.742. The van der Waals surface area contributed by atoms with Crippen LogP contribution < -0.4 is 5.32 Å². The predicted molar refractivity (Wildman–Crippen MR) is 82.5 cm³/mol. The van der Waals surface area contributed by atoms with E-state index in [9.17, 15) is 10.2 Å². The molecule has 3 N–H and O–H groups in total. The van der Waals surface area contributed by atoms with Gasteiger partial charge in [0.15, 0.2) is 5.79 Å². The van der Waals surface area contributed by atoms with Crippen molar-refractivity contribution in [2.75, 3.05) is 5.32 Å². The lowest BCUT2D eigenvalue weighted by Gasteiger charge is -2.23. The van der Waals surface area contributed by atoms with Gasteiger partial charge in [0.2, 0.25) is 0 Å². The Balaban J connectivity index is 1.72. The highest BCUT2D eigenvalue weighted by atomic mass is 32.1. The minimum atomic E-state index is -1.60. The van der Waals surface area contributed by atoms with Crippen LogP contribution in [0.4, 0.5) is 5.82 Å². The summed E-state index contributed by atoms with van der Waals surface area (Å²) in [7, 11) is 0. The first kappa shape index (κ1) is 13.4. The van der Waals surface area contributed by atoms with Gasteiger partial charge in [0.05, 0.1) is 5.39 Å². The second-order valence-electron chi connectivity index (χ2n) is 6.22. The van der Waals surface area contributed by atoms with Gasteiger partial charge in [0.25, 0.3) is 0 Å². The highest BCUT2D eigenvalue weighted by molar-refractivity contribution is 7.19. The van der Waals surface area contributed by atoms with E-state index in [1.165, 1.54) is 32.1 Å². The van der Waals surface area contributed by atoms with Crippen LogP contribution in [0.25, 0.3) is 10.2 Å². The molecule has 0 unspecified atom stereocenters. The first-order valence-electron chi connectivity index (χ1n) is 7.59. The SMILES string of the molecule is OC1(O)Cc2sc3ncnc(NC4CCCCC4)c3c2C1. The molecule has 1 saturated carbocycles. The lowest BCUT2D eigenvalue weighted by Crippen LogP contribution is -2.28. The van der Waals surface area contributed by atoms with E-state index in [1.807, 2.05) is 0 Å². The summed E-state index contributed by atoms with van der Waals surface area (Å²) >= 11 is 1.55. The number of nitrogens with one attached hydrogen (secondary N) is 1. The first-order chi connectivity index (χ1) is 10.1. The zero-order valence-corrected chi connectivity index (χ0v) is 12.6. The molecule has 0 bridgehead atoms. The molecule has 6 heteroatoms. The van der Waals surface area contributed by atoms with Crippen LogP contribution in [0, 0.1) is 0 Å². The molecule has 2 aliphatic carbocycles. The number of rotatable bonds is 2. The van der Waals surface area contributed by atoms with Crippen LogP contribution in [0.1, 0.15) is 42.5 Å². The molecule has 0 radical (unpaired) electrons. The summed E-state index contributed by atoms with van der Waals surface area (Å²) in [6, 6.07) is 0.474. The average Bonchev–Trinajstić information content (AvgIpc) is 2.92. The molecule has 5 nitrogen and oxygen atoms in total. The van der Waals surface area contributed by atoms with Crippen LogP contribution in [0.2, 0.25) is 0 Å². The van der Waals surface area contributed by atoms with Gasteiger partial charge in [-0.2, -0.15) is 0 Å². The Morgan fingerprint density at radius 1 is 1.14 bits per heavy atom. The maximum absolute atomic E-state index is 9.88. The number of fused-ring (bicyclic) bond motifs is 3. The molecule has 1 fully saturated rings. The minimum Gasteiger partial charge on any atom is -0.367 e. The monoisotopic (exact) mass is 305 g/mol. The maximum Gasteiger partial charge on any atom is 0.171 e. The highest BCUT2D eigenvalue weighted by Crippen LogP contribution is 2.42. The van der Waals surface area contributed by atoms with Crippen LogP contribution in [-0.4, -0.2) is 32.0 Å². The molecule has 4 rings (SSSR count). The number of nitrogens with zero attached hydrogens (tertiary/aromatic N) is 2. The summed E-state index contributed by atoms with van der Waals surface area (Å²) in [5.41, 5.74) is 1.01. The van der Waals surface area contributed by atoms with E-state index in [-0.39, 0.29) is 6.42 Å². The van der Waals surface area contributed by atoms with Gasteiger partial charge >= 0.3 is 0 Å². The molecule has 0 saturated heterocycles. The van der Waals surface area contributed by atoms with Gasteiger partial charge in [-0.05, 0) is 18.4 Å². The Hall–Kier alpha value is -1.24. The normalized spacial score (nSPS) is 21.6. The largest absolute Gasteiger partial charge is 0.367 e. The van der Waals surface area contributed by atoms with Gasteiger partial charge in [-0.25, -0.2) is 9.97 Å². The van der Waals surface area contributed by atoms with E-state index < -0.39 is 5.79 Å². The number of thiophene rings is 1. The summed E-state index contributed by atoms with van der Waals surface area (Å²) in [5.74, 6) is -0.741. The fourth-order valence-corrected chi connectivity index (χ4v) is 4.77. The van der Waals surface area contributed by atoms with E-state index >= 15 is 0 Å². The van der Waals surface area contributed by atoms with E-state index in [0.717, 1.165) is 26.5 Å². The second-order valence-corrected chi connectivity index (χ2v) is 7.31. The molecule has 0 aliphatic heterocycles. The highest BCUT2D eigenvalue weighted by Gasteiger charge is 2.37. The number of aromatic nitrogens is 2. The van der Waals surface area contributed by atoms with Gasteiger partial charge in [0.1, 0.15) is 17.0 Å². The van der Waals surface area contributed by atoms with Crippen LogP contribution >= 0.6 is 11.3 Å². The van der Waals surface area contributed by atoms with Crippen molar-refractivity contribution < 1.29 is 10.2 Å². The Bertz CT molecular complexity index is 677. The number of hydrogen-bond acceptors (Lipinski definition) is 6. The summed E-state index contributed by atoms with van der Waals surface area (Å²) in [6.07, 6.45) is 8.39. The van der Waals surface area contributed by atoms with Crippen molar-refractivity contribution in [3.8, 4) is 0 Å². The molecule has 0 atom stereocenters. The zero-order valence-electron chi connectivity index (χ0n) is 11.8. The summed E-state index contributed by atoms with van der Waals surface area (Å²) in [6.45, 7) is 0. The average molecular weight is 305 g/mol. The van der Waals surface area contributed by atoms with Gasteiger partial charge < -0.3 is 15.5 Å². The molecule has 2 heterocycles. The van der Waals surface area contributed by atoms with Crippen LogP contribution in [-0.2, 0) is 12.8 Å². The second kappa shape index (κ2) is 4.90. The number of anilines is 1. The number of aliphatic hydroxyl groups is 2. The Morgan fingerprint density at radius 2 is 1.95 bits per heavy atom. The standard InChI is InChI=1S/C15H19N3O2S/c19-15(20)6-10-11(7-15)21-14-12(10)13(16-8-17-14)18-9-4-2-1-3-5-9/h8-9,19-20H,1-7H2,(H,16,17,18). The Morgan fingerprint density at radius 3 is 2.76 bits per heavy atom. The van der Waals surface area contributed by atoms with Gasteiger partial charge in [-0.15, -0.1) is 11.3 Å². The fourth-order valence-electron chi connectivity index (χ4n) is 3.52. The molecule has 0 spiro atoms. The topological polar surface area (TPSA) is 78.3 Å². The maximum atomic E-state index is 9.88. The van der Waals surface area contributed by atoms with Crippen molar-refractivity contribution >= 4 is 27.4 Å². The third-order valence-corrected chi connectivity index (χ3v) is 5.66. The minimum absolute atomic E-state index is 0.273. The Kier molecular flexibility index (Phi) is 3.13. The lowest BCUT2D eigenvalue weighted by atomic mass is 9.95. The Labute approximate surface area is 127 Å². The van der Waals surface area contributed by atoms with E-state index in [2.05, 4.69) is 15.3 Å². The van der Waals surface area contributed by atoms with Gasteiger partial charge in [0, 0.05) is 23.8 Å². The third kappa shape index (κ3) is 2.41. The molecule has 2 aromatic rings. The van der Waals surface area contributed by atoms with E-state index in [1.54, 1.807) is 17.7 Å². The molecule has 0 aromatic carbocycles. The molecule has 0 amide bonds. The predicted octanol–water partition coefficient (Wildman–Crippen LogP) is 2.22. The van der Waals surface area contributed by atoms with Crippen LogP contribution in [0.3, 0.4) is 0 Å². The summed E-state index contributed by atoms with van der Waals surface area (Å²) < 4.78 is 0. The molecule has 2 aliphatic rings. The van der Waals surface area contributed by atoms with Crippen molar-refractivity contribution in [1.82, 2.24) is 9.97 Å². The fraction of sp³-hybridized carbons (Fsp3) is 0.600. The number of hydrogen-bond donors (Lipinski definition) is 3. The van der Waals surface area contributed by atoms with Crippen molar-refractivity contribution in [2.24, 2.45) is 0 Å². The molecule has 2 aromatic heterocycles. The molecular formula is C15H19N3O2S. The molecular weight excluding hydrogens is 286 g/mol. The van der Waals surface area contributed by atoms with Crippen molar-refractivity contribution in [3.05, 3.63) is 16.8 Å². The molecule has 112 valence electrons. The lowest BCUT2D eigenvalue weighted by molar-refractivity contribution is -0.149. The first-order valence-corrected chi connectivity index (χ1v) is 8.40. The third-order valence-electron chi connectivity index (χ3n) is 4.52. The van der Waals surface area contributed by atoms with Gasteiger partial charge in [-0.3, -0.25) is 0 Å². The van der Waals surface area contributed by atoms with Crippen molar-refractivity contribution in [2.45, 2.75) is 56.8 Å². The summed E-state index contributed by atoms with van der Waals surface area (Å²) in [5, 5.41) is 24.3. The van der Waals surface area contributed by atoms with E-state index in [4.69, 9.17) is 0 Å². The smallest absolute Gasteiger partial charge is 0.171 e.